The zero-order valence-electron chi connectivity index (χ0n) is 16.0. The topological polar surface area (TPSA) is 80.3 Å². The van der Waals surface area contributed by atoms with Crippen LogP contribution in [0.25, 0.3) is 0 Å². The molecule has 2 fully saturated rings. The minimum Gasteiger partial charge on any atom is -0.322 e. The summed E-state index contributed by atoms with van der Waals surface area (Å²) < 4.78 is 66.6. The summed E-state index contributed by atoms with van der Waals surface area (Å²) in [6.07, 6.45) is 1.69. The first kappa shape index (κ1) is 21.8. The van der Waals surface area contributed by atoms with Crippen LogP contribution in [0.3, 0.4) is 0 Å². The largest absolute Gasteiger partial charge is 0.322 e. The van der Waals surface area contributed by atoms with E-state index in [4.69, 9.17) is 11.6 Å². The number of hydrogen-bond donors (Lipinski definition) is 1. The van der Waals surface area contributed by atoms with Crippen LogP contribution in [0.15, 0.2) is 35.2 Å². The summed E-state index contributed by atoms with van der Waals surface area (Å²) in [6, 6.07) is 4.86. The minimum atomic E-state index is -3.93. The molecule has 1 N–H and O–H groups in total. The molecule has 2 unspecified atom stereocenters. The highest BCUT2D eigenvalue weighted by Gasteiger charge is 2.49. The van der Waals surface area contributed by atoms with E-state index in [0.29, 0.717) is 25.0 Å². The van der Waals surface area contributed by atoms with Crippen molar-refractivity contribution in [3.8, 4) is 0 Å². The highest BCUT2D eigenvalue weighted by atomic mass is 35.5. The zero-order valence-corrected chi connectivity index (χ0v) is 17.6. The van der Waals surface area contributed by atoms with Crippen molar-refractivity contribution in [1.29, 1.82) is 0 Å². The molecule has 2 aliphatic rings. The molecule has 5 nitrogen and oxygen atoms in total. The number of rotatable bonds is 4. The second kappa shape index (κ2) is 7.94. The van der Waals surface area contributed by atoms with Crippen molar-refractivity contribution in [1.82, 2.24) is 0 Å². The van der Waals surface area contributed by atoms with Crippen LogP contribution in [-0.2, 0) is 14.6 Å². The van der Waals surface area contributed by atoms with Gasteiger partial charge in [0, 0.05) is 36.2 Å². The summed E-state index contributed by atoms with van der Waals surface area (Å²) in [4.78, 5) is 24.1. The first-order valence-electron chi connectivity index (χ1n) is 9.59. The van der Waals surface area contributed by atoms with Crippen LogP contribution in [0.2, 0.25) is 5.02 Å². The standard InChI is InChI=1S/C21H17ClF3NO4S/c22-15-4-3-12(21(28)26-13-8-16(23)19(25)17(24)9-13)7-18(15)31(29,30)20-10-1-2-11(20)6-14(27)5-10/h3-4,7-11,20H,1-2,5-6H2,(H,26,28). The molecule has 4 rings (SSSR count). The van der Waals surface area contributed by atoms with Gasteiger partial charge in [0.05, 0.1) is 15.2 Å². The van der Waals surface area contributed by atoms with Crippen molar-refractivity contribution in [3.63, 3.8) is 0 Å². The van der Waals surface area contributed by atoms with Crippen molar-refractivity contribution < 1.29 is 31.2 Å². The predicted octanol–water partition coefficient (Wildman–Crippen LogP) is 4.54. The number of anilines is 1. The Labute approximate surface area is 181 Å². The molecule has 2 saturated carbocycles. The maximum Gasteiger partial charge on any atom is 0.255 e. The second-order valence-electron chi connectivity index (χ2n) is 7.91. The molecular weight excluding hydrogens is 455 g/mol. The van der Waals surface area contributed by atoms with Gasteiger partial charge in [-0.2, -0.15) is 0 Å². The van der Waals surface area contributed by atoms with Gasteiger partial charge in [-0.15, -0.1) is 0 Å². The quantitative estimate of drug-likeness (QED) is 0.664. The lowest BCUT2D eigenvalue weighted by Gasteiger charge is -2.29. The van der Waals surface area contributed by atoms with E-state index in [1.807, 2.05) is 0 Å². The normalized spacial score (nSPS) is 23.1. The molecule has 2 aliphatic carbocycles. The Kier molecular flexibility index (Phi) is 5.59. The van der Waals surface area contributed by atoms with Crippen LogP contribution < -0.4 is 5.32 Å². The molecule has 0 spiro atoms. The lowest BCUT2D eigenvalue weighted by atomic mass is 9.88. The summed E-state index contributed by atoms with van der Waals surface area (Å²) >= 11 is 6.15. The molecule has 0 heterocycles. The van der Waals surface area contributed by atoms with Gasteiger partial charge in [-0.1, -0.05) is 11.6 Å². The molecule has 0 aromatic heterocycles. The SMILES string of the molecule is O=C1CC2CCC(C1)C2S(=O)(=O)c1cc(C(=O)Nc2cc(F)c(F)c(F)c2)ccc1Cl. The number of halogens is 4. The van der Waals surface area contributed by atoms with Gasteiger partial charge < -0.3 is 5.32 Å². The summed E-state index contributed by atoms with van der Waals surface area (Å²) in [7, 11) is -3.93. The molecule has 0 aliphatic heterocycles. The highest BCUT2D eigenvalue weighted by molar-refractivity contribution is 7.92. The number of benzene rings is 2. The first-order chi connectivity index (χ1) is 14.6. The fraction of sp³-hybridized carbons (Fsp3) is 0.333. The molecule has 31 heavy (non-hydrogen) atoms. The van der Waals surface area contributed by atoms with Gasteiger partial charge in [-0.05, 0) is 42.9 Å². The Bertz CT molecular complexity index is 1160. The molecule has 164 valence electrons. The molecule has 2 bridgehead atoms. The van der Waals surface area contributed by atoms with Gasteiger partial charge in [0.15, 0.2) is 27.3 Å². The van der Waals surface area contributed by atoms with Crippen molar-refractivity contribution in [3.05, 3.63) is 58.4 Å². The lowest BCUT2D eigenvalue weighted by Crippen LogP contribution is -2.37. The zero-order chi connectivity index (χ0) is 22.5. The Balaban J connectivity index is 1.64. The number of carbonyl (C=O) groups is 2. The molecule has 0 saturated heterocycles. The highest BCUT2D eigenvalue weighted by Crippen LogP contribution is 2.47. The number of sulfone groups is 1. The van der Waals surface area contributed by atoms with Gasteiger partial charge in [0.2, 0.25) is 0 Å². The molecule has 2 aromatic rings. The monoisotopic (exact) mass is 471 g/mol. The van der Waals surface area contributed by atoms with E-state index in [-0.39, 0.29) is 51.6 Å². The summed E-state index contributed by atoms with van der Waals surface area (Å²) in [5.74, 6) is -5.98. The summed E-state index contributed by atoms with van der Waals surface area (Å²) in [6.45, 7) is 0. The van der Waals surface area contributed by atoms with Crippen molar-refractivity contribution in [2.45, 2.75) is 35.8 Å². The van der Waals surface area contributed by atoms with Crippen LogP contribution in [0.1, 0.15) is 36.0 Å². The van der Waals surface area contributed by atoms with E-state index in [1.54, 1.807) is 0 Å². The number of nitrogens with one attached hydrogen (secondary N) is 1. The Morgan fingerprint density at radius 3 is 2.16 bits per heavy atom. The number of amides is 1. The number of fused-ring (bicyclic) bond motifs is 2. The fourth-order valence-corrected chi connectivity index (χ4v) is 7.44. The van der Waals surface area contributed by atoms with Crippen LogP contribution in [0.5, 0.6) is 0 Å². The smallest absolute Gasteiger partial charge is 0.255 e. The maximum atomic E-state index is 13.4. The number of hydrogen-bond acceptors (Lipinski definition) is 4. The average Bonchev–Trinajstić information content (AvgIpc) is 2.99. The molecule has 0 radical (unpaired) electrons. The second-order valence-corrected chi connectivity index (χ2v) is 10.4. The molecule has 2 atom stereocenters. The fourth-order valence-electron chi connectivity index (χ4n) is 4.59. The minimum absolute atomic E-state index is 0.0527. The number of ketones is 1. The Morgan fingerprint density at radius 1 is 1.00 bits per heavy atom. The van der Waals surface area contributed by atoms with Gasteiger partial charge >= 0.3 is 0 Å². The van der Waals surface area contributed by atoms with Crippen molar-refractivity contribution >= 4 is 38.8 Å². The van der Waals surface area contributed by atoms with Gasteiger partial charge in [0.1, 0.15) is 5.78 Å². The third-order valence-corrected chi connectivity index (χ3v) is 8.80. The van der Waals surface area contributed by atoms with E-state index >= 15 is 0 Å². The molecular formula is C21H17ClF3NO4S. The van der Waals surface area contributed by atoms with Gasteiger partial charge in [-0.25, -0.2) is 21.6 Å². The van der Waals surface area contributed by atoms with Gasteiger partial charge in [-0.3, -0.25) is 9.59 Å². The number of Topliss-reactive ketones (excluding diaryl/α,β-unsaturated/α-hetero) is 1. The molecule has 2 aromatic carbocycles. The Hall–Kier alpha value is -2.39. The van der Waals surface area contributed by atoms with E-state index in [2.05, 4.69) is 5.32 Å². The van der Waals surface area contributed by atoms with E-state index in [9.17, 15) is 31.2 Å². The summed E-state index contributed by atoms with van der Waals surface area (Å²) in [5, 5.41) is 1.40. The summed E-state index contributed by atoms with van der Waals surface area (Å²) in [5.41, 5.74) is -0.433. The van der Waals surface area contributed by atoms with Crippen molar-refractivity contribution in [2.24, 2.45) is 11.8 Å². The lowest BCUT2D eigenvalue weighted by molar-refractivity contribution is -0.121. The van der Waals surface area contributed by atoms with E-state index in [1.165, 1.54) is 12.1 Å². The van der Waals surface area contributed by atoms with Crippen molar-refractivity contribution in [2.75, 3.05) is 5.32 Å². The maximum absolute atomic E-state index is 13.4. The molecule has 1 amide bonds. The molecule has 10 heteroatoms. The van der Waals surface area contributed by atoms with Crippen LogP contribution in [-0.4, -0.2) is 25.4 Å². The number of carbonyl (C=O) groups excluding carboxylic acids is 2. The third kappa shape index (κ3) is 3.96. The third-order valence-electron chi connectivity index (χ3n) is 5.92. The van der Waals surface area contributed by atoms with Crippen LogP contribution in [0, 0.1) is 29.3 Å². The van der Waals surface area contributed by atoms with E-state index < -0.39 is 38.4 Å². The Morgan fingerprint density at radius 2 is 1.58 bits per heavy atom. The van der Waals surface area contributed by atoms with Gasteiger partial charge in [0.25, 0.3) is 5.91 Å². The average molecular weight is 472 g/mol. The first-order valence-corrected chi connectivity index (χ1v) is 11.5. The van der Waals surface area contributed by atoms with E-state index in [0.717, 1.165) is 6.07 Å². The van der Waals surface area contributed by atoms with Crippen LogP contribution >= 0.6 is 11.6 Å². The predicted molar refractivity (Wildman–Crippen MR) is 107 cm³/mol. The van der Waals surface area contributed by atoms with Crippen LogP contribution in [0.4, 0.5) is 18.9 Å².